The highest BCUT2D eigenvalue weighted by Gasteiger charge is 2.19. The van der Waals surface area contributed by atoms with Crippen LogP contribution >= 0.6 is 12.4 Å². The molecule has 1 aromatic rings. The van der Waals surface area contributed by atoms with Gasteiger partial charge in [0, 0.05) is 0 Å². The van der Waals surface area contributed by atoms with Gasteiger partial charge in [-0.05, 0) is 19.3 Å². The molecule has 0 aliphatic carbocycles. The van der Waals surface area contributed by atoms with Crippen LogP contribution in [-0.2, 0) is 0 Å². The molecule has 2 heterocycles. The highest BCUT2D eigenvalue weighted by Crippen LogP contribution is 2.06. The summed E-state index contributed by atoms with van der Waals surface area (Å²) in [5.74, 6) is 0.112. The number of nitrogens with zero attached hydrogens (tertiary/aromatic N) is 3. The summed E-state index contributed by atoms with van der Waals surface area (Å²) in [7, 11) is 0. The first-order valence-corrected chi connectivity index (χ1v) is 4.22. The van der Waals surface area contributed by atoms with Gasteiger partial charge in [0.05, 0.1) is 17.9 Å². The SMILES string of the molecule is Cl.[NH-]c1c[n+](N2CCCCC2)no1. The van der Waals surface area contributed by atoms with Crippen molar-refractivity contribution in [3.05, 3.63) is 11.9 Å². The van der Waals surface area contributed by atoms with E-state index in [1.165, 1.54) is 19.3 Å². The topological polar surface area (TPSA) is 57.0 Å². The second kappa shape index (κ2) is 4.32. The van der Waals surface area contributed by atoms with Crippen LogP contribution in [-0.4, -0.2) is 18.4 Å². The van der Waals surface area contributed by atoms with Gasteiger partial charge >= 0.3 is 0 Å². The first kappa shape index (κ1) is 10.1. The number of piperidine rings is 1. The Bertz CT molecular complexity index is 259. The van der Waals surface area contributed by atoms with Gasteiger partial charge in [0.15, 0.2) is 0 Å². The van der Waals surface area contributed by atoms with Crippen molar-refractivity contribution in [1.82, 2.24) is 5.27 Å². The second-order valence-electron chi connectivity index (χ2n) is 3.00. The Morgan fingerprint density at radius 2 is 2.08 bits per heavy atom. The van der Waals surface area contributed by atoms with E-state index in [4.69, 9.17) is 5.73 Å². The van der Waals surface area contributed by atoms with E-state index in [-0.39, 0.29) is 18.3 Å². The van der Waals surface area contributed by atoms with Crippen LogP contribution in [0.3, 0.4) is 0 Å². The standard InChI is InChI=1S/C7H12N4O.ClH/c8-7-6-11(9-12-7)10-4-2-1-3-5-10;/h6,8H,1-5H2;1H. The Morgan fingerprint density at radius 3 is 2.62 bits per heavy atom. The predicted molar refractivity (Wildman–Crippen MR) is 49.7 cm³/mol. The third-order valence-corrected chi connectivity index (χ3v) is 2.08. The highest BCUT2D eigenvalue weighted by molar-refractivity contribution is 5.85. The number of nitrogens with one attached hydrogen (secondary N) is 1. The number of rotatable bonds is 1. The lowest BCUT2D eigenvalue weighted by atomic mass is 10.2. The lowest BCUT2D eigenvalue weighted by molar-refractivity contribution is -0.759. The monoisotopic (exact) mass is 204 g/mol. The maximum atomic E-state index is 7.16. The summed E-state index contributed by atoms with van der Waals surface area (Å²) in [6, 6.07) is 0. The van der Waals surface area contributed by atoms with Gasteiger partial charge in [-0.1, -0.05) is 0 Å². The fraction of sp³-hybridized carbons (Fsp3) is 0.714. The van der Waals surface area contributed by atoms with Crippen LogP contribution in [0, 0.1) is 0 Å². The van der Waals surface area contributed by atoms with E-state index in [1.54, 1.807) is 11.0 Å². The van der Waals surface area contributed by atoms with Crippen molar-refractivity contribution >= 4 is 18.3 Å². The zero-order valence-electron chi connectivity index (χ0n) is 7.27. The molecule has 1 aromatic heterocycles. The molecular formula is C7H13ClN4O. The molecule has 5 nitrogen and oxygen atoms in total. The van der Waals surface area contributed by atoms with Gasteiger partial charge in [-0.25, -0.2) is 0 Å². The van der Waals surface area contributed by atoms with Gasteiger partial charge in [-0.15, -0.1) is 12.4 Å². The molecule has 0 spiro atoms. The summed E-state index contributed by atoms with van der Waals surface area (Å²) in [6.07, 6.45) is 5.29. The number of aromatic nitrogens is 2. The molecule has 1 saturated heterocycles. The summed E-state index contributed by atoms with van der Waals surface area (Å²) in [5.41, 5.74) is 7.16. The molecule has 6 heteroatoms. The number of hydrogen-bond acceptors (Lipinski definition) is 3. The third-order valence-electron chi connectivity index (χ3n) is 2.08. The van der Waals surface area contributed by atoms with Crippen LogP contribution in [0.2, 0.25) is 0 Å². The molecule has 0 bridgehead atoms. The molecule has 2 rings (SSSR count). The van der Waals surface area contributed by atoms with Crippen molar-refractivity contribution in [1.29, 1.82) is 0 Å². The van der Waals surface area contributed by atoms with Crippen LogP contribution in [0.15, 0.2) is 10.7 Å². The summed E-state index contributed by atoms with van der Waals surface area (Å²) in [4.78, 5) is 1.63. The average molecular weight is 205 g/mol. The van der Waals surface area contributed by atoms with E-state index in [1.807, 2.05) is 0 Å². The Kier molecular flexibility index (Phi) is 3.36. The molecule has 1 N–H and O–H groups in total. The molecule has 0 aromatic carbocycles. The van der Waals surface area contributed by atoms with Gasteiger partial charge in [-0.3, -0.25) is 0 Å². The zero-order valence-corrected chi connectivity index (χ0v) is 8.09. The minimum absolute atomic E-state index is 0. The van der Waals surface area contributed by atoms with Crippen LogP contribution < -0.4 is 9.80 Å². The van der Waals surface area contributed by atoms with Crippen molar-refractivity contribution in [2.45, 2.75) is 19.3 Å². The third kappa shape index (κ3) is 2.24. The Balaban J connectivity index is 0.000000845. The average Bonchev–Trinajstić information content (AvgIpc) is 2.54. The van der Waals surface area contributed by atoms with Gasteiger partial charge in [0.2, 0.25) is 5.27 Å². The van der Waals surface area contributed by atoms with Crippen LogP contribution in [0.25, 0.3) is 5.73 Å². The molecular weight excluding hydrogens is 192 g/mol. The second-order valence-corrected chi connectivity index (χ2v) is 3.00. The van der Waals surface area contributed by atoms with Gasteiger partial charge < -0.3 is 10.3 Å². The van der Waals surface area contributed by atoms with Crippen molar-refractivity contribution in [2.75, 3.05) is 18.1 Å². The smallest absolute Gasteiger partial charge is 0.256 e. The maximum absolute atomic E-state index is 7.16. The molecule has 1 aliphatic rings. The lowest BCUT2D eigenvalue weighted by Gasteiger charge is -2.17. The Hall–Kier alpha value is -0.970. The van der Waals surface area contributed by atoms with E-state index in [9.17, 15) is 0 Å². The van der Waals surface area contributed by atoms with Crippen LogP contribution in [0.4, 0.5) is 5.88 Å². The van der Waals surface area contributed by atoms with Crippen molar-refractivity contribution in [2.24, 2.45) is 0 Å². The van der Waals surface area contributed by atoms with Crippen molar-refractivity contribution < 1.29 is 9.31 Å². The Labute approximate surface area is 82.8 Å². The van der Waals surface area contributed by atoms with Crippen molar-refractivity contribution in [3.63, 3.8) is 0 Å². The molecule has 0 atom stereocenters. The lowest BCUT2D eigenvalue weighted by Crippen LogP contribution is -2.60. The quantitative estimate of drug-likeness (QED) is 0.646. The van der Waals surface area contributed by atoms with E-state index >= 15 is 0 Å². The minimum atomic E-state index is 0. The summed E-state index contributed by atoms with van der Waals surface area (Å²) < 4.78 is 4.66. The van der Waals surface area contributed by atoms with Crippen LogP contribution in [0.5, 0.6) is 0 Å². The zero-order chi connectivity index (χ0) is 8.39. The molecule has 13 heavy (non-hydrogen) atoms. The van der Waals surface area contributed by atoms with E-state index < -0.39 is 0 Å². The number of halogens is 1. The normalized spacial score (nSPS) is 16.8. The molecule has 1 fully saturated rings. The molecule has 74 valence electrons. The first-order chi connectivity index (χ1) is 5.86. The summed E-state index contributed by atoms with van der Waals surface area (Å²) >= 11 is 0. The fourth-order valence-corrected chi connectivity index (χ4v) is 1.45. The molecule has 0 saturated carbocycles. The van der Waals surface area contributed by atoms with E-state index in [0.29, 0.717) is 0 Å². The Morgan fingerprint density at radius 1 is 1.38 bits per heavy atom. The summed E-state index contributed by atoms with van der Waals surface area (Å²) in [5, 5.41) is 5.81. The number of hydrogen-bond donors (Lipinski definition) is 0. The molecule has 0 unspecified atom stereocenters. The molecule has 0 amide bonds. The maximum Gasteiger partial charge on any atom is 0.256 e. The minimum Gasteiger partial charge on any atom is -0.660 e. The summed E-state index contributed by atoms with van der Waals surface area (Å²) in [6.45, 7) is 2.02. The van der Waals surface area contributed by atoms with E-state index in [2.05, 4.69) is 14.8 Å². The predicted octanol–water partition coefficient (Wildman–Crippen LogP) is 1.19. The first-order valence-electron chi connectivity index (χ1n) is 4.22. The molecule has 0 radical (unpaired) electrons. The van der Waals surface area contributed by atoms with Gasteiger partial charge in [0.1, 0.15) is 5.88 Å². The van der Waals surface area contributed by atoms with E-state index in [0.717, 1.165) is 13.1 Å². The van der Waals surface area contributed by atoms with Crippen LogP contribution in [0.1, 0.15) is 19.3 Å². The molecule has 1 aliphatic heterocycles. The largest absolute Gasteiger partial charge is 0.660 e. The van der Waals surface area contributed by atoms with Crippen molar-refractivity contribution in [3.8, 4) is 0 Å². The fourth-order valence-electron chi connectivity index (χ4n) is 1.45. The highest BCUT2D eigenvalue weighted by atomic mass is 35.5. The van der Waals surface area contributed by atoms with Gasteiger partial charge in [-0.2, -0.15) is 5.01 Å². The van der Waals surface area contributed by atoms with Gasteiger partial charge in [0.25, 0.3) is 6.20 Å².